The molecule has 0 radical (unpaired) electrons. The molecule has 3 aliphatic carbocycles. The van der Waals surface area contributed by atoms with E-state index in [9.17, 15) is 0 Å². The molecule has 0 aromatic heterocycles. The van der Waals surface area contributed by atoms with Crippen LogP contribution in [0.2, 0.25) is 0 Å². The molecule has 1 saturated carbocycles. The van der Waals surface area contributed by atoms with Crippen LogP contribution in [-0.2, 0) is 0 Å². The van der Waals surface area contributed by atoms with Crippen molar-refractivity contribution in [2.75, 3.05) is 85.5 Å². The van der Waals surface area contributed by atoms with Gasteiger partial charge in [-0.3, -0.25) is 9.89 Å². The van der Waals surface area contributed by atoms with Gasteiger partial charge in [0, 0.05) is 92.1 Å². The highest BCUT2D eigenvalue weighted by Crippen LogP contribution is 2.42. The quantitative estimate of drug-likeness (QED) is 0.0647. The Balaban J connectivity index is 0.895. The first-order chi connectivity index (χ1) is 38.2. The Morgan fingerprint density at radius 1 is 0.513 bits per heavy atom. The van der Waals surface area contributed by atoms with Gasteiger partial charge in [-0.1, -0.05) is 142 Å². The van der Waals surface area contributed by atoms with Crippen LogP contribution in [0.3, 0.4) is 0 Å². The molecule has 3 atom stereocenters. The molecule has 6 aromatic carbocycles. The Hall–Kier alpha value is -6.89. The maximum atomic E-state index is 5.34. The van der Waals surface area contributed by atoms with E-state index < -0.39 is 0 Å². The fourth-order valence-electron chi connectivity index (χ4n) is 12.9. The Bertz CT molecular complexity index is 3040. The highest BCUT2D eigenvalue weighted by atomic mass is 15.1. The van der Waals surface area contributed by atoms with E-state index in [2.05, 4.69) is 257 Å². The number of benzene rings is 6. The van der Waals surface area contributed by atoms with Gasteiger partial charge in [0.15, 0.2) is 0 Å². The molecule has 406 valence electrons. The van der Waals surface area contributed by atoms with Crippen molar-refractivity contribution in [2.24, 2.45) is 22.7 Å². The van der Waals surface area contributed by atoms with E-state index in [4.69, 9.17) is 4.99 Å². The standard InChI is InChI=1S/C72H88N6/c1-10-75(11-2)59-36-28-54(29-37-59)71(55-30-38-60(39-31-55)76(12-3)13-4)67-44-46-69(65-26-20-18-24-63(65)67)73-48-22-23-53-49-52(9)58(50-53)51-74-70-47-45-68(64-25-19-21-27-66(64)70)72(56-32-40-61(41-33-56)77(14-5)15-6)57-34-42-62(43-35-57)78(16-7)17-8/h18-21,24-47,52-53,58,61,74H,10-17,22-23,48-51H2,1-9H3. The molecule has 1 fully saturated rings. The van der Waals surface area contributed by atoms with E-state index in [-0.39, 0.29) is 0 Å². The van der Waals surface area contributed by atoms with E-state index in [0.29, 0.717) is 17.9 Å². The zero-order valence-corrected chi connectivity index (χ0v) is 48.6. The molecule has 9 rings (SSSR count). The highest BCUT2D eigenvalue weighted by Gasteiger charge is 2.31. The fraction of sp³-hybridized carbons (Fsp3) is 0.375. The molecule has 3 aliphatic rings. The van der Waals surface area contributed by atoms with Crippen LogP contribution in [-0.4, -0.2) is 82.1 Å². The monoisotopic (exact) mass is 1040 g/mol. The molecule has 0 aliphatic heterocycles. The van der Waals surface area contributed by atoms with Crippen molar-refractivity contribution in [3.05, 3.63) is 209 Å². The van der Waals surface area contributed by atoms with Crippen molar-refractivity contribution in [1.82, 2.24) is 4.90 Å². The summed E-state index contributed by atoms with van der Waals surface area (Å²) >= 11 is 0. The second-order valence-corrected chi connectivity index (χ2v) is 21.7. The van der Waals surface area contributed by atoms with Crippen LogP contribution >= 0.6 is 0 Å². The van der Waals surface area contributed by atoms with Gasteiger partial charge in [0.05, 0.1) is 5.71 Å². The Kier molecular flexibility index (Phi) is 19.1. The number of anilines is 4. The molecule has 3 unspecified atom stereocenters. The molecule has 0 heterocycles. The molecule has 0 spiro atoms. The molecular formula is C72H88N6. The zero-order chi connectivity index (χ0) is 54.5. The van der Waals surface area contributed by atoms with Gasteiger partial charge in [0.25, 0.3) is 0 Å². The van der Waals surface area contributed by atoms with Crippen molar-refractivity contribution in [3.8, 4) is 0 Å². The highest BCUT2D eigenvalue weighted by molar-refractivity contribution is 6.19. The van der Waals surface area contributed by atoms with Crippen LogP contribution in [0.1, 0.15) is 121 Å². The first-order valence-corrected chi connectivity index (χ1v) is 30.0. The minimum Gasteiger partial charge on any atom is -0.384 e. The topological polar surface area (TPSA) is 37.4 Å². The van der Waals surface area contributed by atoms with Crippen molar-refractivity contribution in [3.63, 3.8) is 0 Å². The van der Waals surface area contributed by atoms with Gasteiger partial charge in [-0.2, -0.15) is 0 Å². The molecular weight excluding hydrogens is 949 g/mol. The number of fused-ring (bicyclic) bond motifs is 2. The molecule has 1 N–H and O–H groups in total. The summed E-state index contributed by atoms with van der Waals surface area (Å²) in [4.78, 5) is 15.1. The summed E-state index contributed by atoms with van der Waals surface area (Å²) in [5.74, 6) is 2.03. The zero-order valence-electron chi connectivity index (χ0n) is 48.6. The van der Waals surface area contributed by atoms with Crippen LogP contribution in [0.4, 0.5) is 22.7 Å². The number of likely N-dealkylation sites (N-methyl/N-ethyl adjacent to an activating group) is 1. The third-order valence-corrected chi connectivity index (χ3v) is 17.4. The lowest BCUT2D eigenvalue weighted by molar-refractivity contribution is 0.287. The first kappa shape index (κ1) is 55.9. The number of nitrogens with zero attached hydrogens (tertiary/aromatic N) is 5. The average Bonchev–Trinajstić information content (AvgIpc) is 3.92. The van der Waals surface area contributed by atoms with Crippen LogP contribution < -0.4 is 20.0 Å². The fourth-order valence-corrected chi connectivity index (χ4v) is 12.9. The summed E-state index contributed by atoms with van der Waals surface area (Å²) in [7, 11) is 0. The Morgan fingerprint density at radius 2 is 1.03 bits per heavy atom. The van der Waals surface area contributed by atoms with Gasteiger partial charge >= 0.3 is 0 Å². The number of rotatable bonds is 23. The van der Waals surface area contributed by atoms with Crippen LogP contribution in [0.25, 0.3) is 27.5 Å². The lowest BCUT2D eigenvalue weighted by Crippen LogP contribution is -2.32. The second kappa shape index (κ2) is 26.6. The van der Waals surface area contributed by atoms with Crippen molar-refractivity contribution in [1.29, 1.82) is 0 Å². The van der Waals surface area contributed by atoms with E-state index >= 15 is 0 Å². The van der Waals surface area contributed by atoms with Gasteiger partial charge in [0.2, 0.25) is 0 Å². The number of hydrogen-bond donors (Lipinski definition) is 1. The van der Waals surface area contributed by atoms with E-state index in [0.717, 1.165) is 83.5 Å². The van der Waals surface area contributed by atoms with Crippen LogP contribution in [0.15, 0.2) is 180 Å². The SMILES string of the molecule is CCN(CC)c1ccc(C(=C2C=CC(=NCCCC3CC(C)C(CNc4ccc(C(=C5C=CC(N(CC)CC)C=C5)c5ccc(N(CC)CC)cc5)c5ccccc45)C3)c3ccccc32)c2ccc(N(CC)CC)cc2)cc1. The molecule has 6 nitrogen and oxygen atoms in total. The molecule has 78 heavy (non-hydrogen) atoms. The third-order valence-electron chi connectivity index (χ3n) is 17.4. The number of hydrogen-bond acceptors (Lipinski definition) is 6. The normalized spacial score (nSPS) is 18.3. The van der Waals surface area contributed by atoms with Crippen molar-refractivity contribution < 1.29 is 0 Å². The van der Waals surface area contributed by atoms with Crippen LogP contribution in [0.5, 0.6) is 0 Å². The van der Waals surface area contributed by atoms with Gasteiger partial charge in [-0.05, 0) is 202 Å². The molecule has 0 amide bonds. The number of nitrogens with one attached hydrogen (secondary N) is 1. The smallest absolute Gasteiger partial charge is 0.0653 e. The predicted molar refractivity (Wildman–Crippen MR) is 341 cm³/mol. The Labute approximate surface area is 469 Å². The predicted octanol–water partition coefficient (Wildman–Crippen LogP) is 16.9. The third kappa shape index (κ3) is 12.4. The molecule has 0 bridgehead atoms. The van der Waals surface area contributed by atoms with Crippen molar-refractivity contribution >= 4 is 56.0 Å². The lowest BCUT2D eigenvalue weighted by Gasteiger charge is -2.27. The van der Waals surface area contributed by atoms with Gasteiger partial charge in [0.1, 0.15) is 0 Å². The summed E-state index contributed by atoms with van der Waals surface area (Å²) in [6, 6.07) is 50.7. The van der Waals surface area contributed by atoms with E-state index in [1.54, 1.807) is 0 Å². The number of aliphatic imine (C=N–C) groups is 1. The molecule has 6 heteroatoms. The second-order valence-electron chi connectivity index (χ2n) is 21.7. The summed E-state index contributed by atoms with van der Waals surface area (Å²) in [6.07, 6.45) is 19.0. The van der Waals surface area contributed by atoms with E-state index in [1.165, 1.54) is 108 Å². The first-order valence-electron chi connectivity index (χ1n) is 30.0. The maximum Gasteiger partial charge on any atom is 0.0653 e. The number of allylic oxidation sites excluding steroid dienone is 6. The minimum atomic E-state index is 0.314. The largest absolute Gasteiger partial charge is 0.384 e. The summed E-state index contributed by atoms with van der Waals surface area (Å²) < 4.78 is 0. The van der Waals surface area contributed by atoms with Crippen LogP contribution in [0, 0.1) is 17.8 Å². The lowest BCUT2D eigenvalue weighted by atomic mass is 9.83. The molecule has 0 saturated heterocycles. The molecule has 6 aromatic rings. The minimum absolute atomic E-state index is 0.314. The van der Waals surface area contributed by atoms with Crippen molar-refractivity contribution in [2.45, 2.75) is 94.0 Å². The summed E-state index contributed by atoms with van der Waals surface area (Å²) in [5.41, 5.74) is 18.6. The summed E-state index contributed by atoms with van der Waals surface area (Å²) in [6.45, 7) is 30.2. The maximum absolute atomic E-state index is 5.34. The van der Waals surface area contributed by atoms with E-state index in [1.807, 2.05) is 0 Å². The van der Waals surface area contributed by atoms with Gasteiger partial charge < -0.3 is 20.0 Å². The van der Waals surface area contributed by atoms with Gasteiger partial charge in [-0.25, -0.2) is 0 Å². The average molecular weight is 1040 g/mol. The Morgan fingerprint density at radius 3 is 1.56 bits per heavy atom. The van der Waals surface area contributed by atoms with Gasteiger partial charge in [-0.15, -0.1) is 0 Å². The summed E-state index contributed by atoms with van der Waals surface area (Å²) in [5, 5.41) is 6.58.